The van der Waals surface area contributed by atoms with Gasteiger partial charge in [-0.1, -0.05) is 6.92 Å². The lowest BCUT2D eigenvalue weighted by atomic mass is 9.99. The van der Waals surface area contributed by atoms with Crippen molar-refractivity contribution in [3.63, 3.8) is 0 Å². The van der Waals surface area contributed by atoms with Gasteiger partial charge in [-0.15, -0.1) is 24.0 Å². The summed E-state index contributed by atoms with van der Waals surface area (Å²) in [6, 6.07) is 0. The Hall–Kier alpha value is -0.290. The Labute approximate surface area is 166 Å². The molecule has 5 nitrogen and oxygen atoms in total. The number of aliphatic imine (C=N–C) groups is 1. The summed E-state index contributed by atoms with van der Waals surface area (Å²) < 4.78 is 36.7. The number of halogens is 4. The van der Waals surface area contributed by atoms with Gasteiger partial charge < -0.3 is 15.5 Å². The third-order valence-electron chi connectivity index (χ3n) is 4.28. The highest BCUT2D eigenvalue weighted by Gasteiger charge is 2.28. The first-order valence-corrected chi connectivity index (χ1v) is 8.72. The maximum atomic E-state index is 12.2. The Balaban J connectivity index is 0.00000576. The Bertz CT molecular complexity index is 371. The van der Waals surface area contributed by atoms with Crippen LogP contribution in [0.4, 0.5) is 13.2 Å². The number of nitrogens with one attached hydrogen (secondary N) is 2. The van der Waals surface area contributed by atoms with Crippen molar-refractivity contribution in [2.75, 3.05) is 59.9 Å². The van der Waals surface area contributed by atoms with E-state index in [4.69, 9.17) is 0 Å². The minimum Gasteiger partial charge on any atom is -0.356 e. The molecule has 1 aliphatic heterocycles. The first-order chi connectivity index (χ1) is 11.3. The Morgan fingerprint density at radius 3 is 2.36 bits per heavy atom. The van der Waals surface area contributed by atoms with Crippen molar-refractivity contribution in [3.05, 3.63) is 0 Å². The number of alkyl halides is 3. The fourth-order valence-corrected chi connectivity index (χ4v) is 2.77. The molecule has 25 heavy (non-hydrogen) atoms. The predicted molar refractivity (Wildman–Crippen MR) is 108 cm³/mol. The van der Waals surface area contributed by atoms with Crippen LogP contribution in [0.15, 0.2) is 4.99 Å². The van der Waals surface area contributed by atoms with Gasteiger partial charge >= 0.3 is 6.18 Å². The number of likely N-dealkylation sites (N-methyl/N-ethyl adjacent to an activating group) is 1. The van der Waals surface area contributed by atoms with Crippen molar-refractivity contribution < 1.29 is 13.2 Å². The topological polar surface area (TPSA) is 42.9 Å². The summed E-state index contributed by atoms with van der Waals surface area (Å²) in [5.41, 5.74) is 0. The lowest BCUT2D eigenvalue weighted by Gasteiger charge is -2.30. The van der Waals surface area contributed by atoms with Crippen LogP contribution in [0.25, 0.3) is 0 Å². The van der Waals surface area contributed by atoms with E-state index < -0.39 is 12.7 Å². The fraction of sp³-hybridized carbons (Fsp3) is 0.938. The fourth-order valence-electron chi connectivity index (χ4n) is 2.77. The molecule has 0 saturated carbocycles. The molecule has 9 heteroatoms. The zero-order valence-electron chi connectivity index (χ0n) is 15.5. The number of piperidine rings is 1. The van der Waals surface area contributed by atoms with Crippen LogP contribution in [-0.4, -0.2) is 81.8 Å². The monoisotopic (exact) mass is 479 g/mol. The summed E-state index contributed by atoms with van der Waals surface area (Å²) >= 11 is 0. The summed E-state index contributed by atoms with van der Waals surface area (Å²) in [7, 11) is 3.13. The first kappa shape index (κ1) is 24.7. The number of nitrogens with zero attached hydrogens (tertiary/aromatic N) is 3. The van der Waals surface area contributed by atoms with E-state index in [0.29, 0.717) is 19.0 Å². The van der Waals surface area contributed by atoms with E-state index in [1.807, 2.05) is 0 Å². The van der Waals surface area contributed by atoms with Crippen LogP contribution in [0.1, 0.15) is 26.2 Å². The van der Waals surface area contributed by atoms with Crippen molar-refractivity contribution in [1.82, 2.24) is 20.4 Å². The standard InChI is InChI=1S/C16H32F3N5.HI/c1-14-5-10-24(11-6-14)9-4-7-21-15(20-2)22-8-12-23(3)13-16(17,18)19;/h14H,4-13H2,1-3H3,(H2,20,21,22);1H. The molecule has 0 atom stereocenters. The van der Waals surface area contributed by atoms with E-state index >= 15 is 0 Å². The molecule has 2 N–H and O–H groups in total. The quantitative estimate of drug-likeness (QED) is 0.243. The largest absolute Gasteiger partial charge is 0.401 e. The zero-order valence-corrected chi connectivity index (χ0v) is 17.9. The molecule has 0 aromatic heterocycles. The third kappa shape index (κ3) is 12.7. The number of likely N-dealkylation sites (tertiary alicyclic amines) is 1. The number of rotatable bonds is 8. The second kappa shape index (κ2) is 13.0. The summed E-state index contributed by atoms with van der Waals surface area (Å²) in [5.74, 6) is 1.49. The molecule has 0 aliphatic carbocycles. The third-order valence-corrected chi connectivity index (χ3v) is 4.28. The molecule has 0 spiro atoms. The molecule has 1 rings (SSSR count). The number of hydrogen-bond acceptors (Lipinski definition) is 3. The van der Waals surface area contributed by atoms with Gasteiger partial charge in [0.2, 0.25) is 0 Å². The summed E-state index contributed by atoms with van der Waals surface area (Å²) in [5, 5.41) is 6.26. The van der Waals surface area contributed by atoms with E-state index in [9.17, 15) is 13.2 Å². The highest BCUT2D eigenvalue weighted by molar-refractivity contribution is 14.0. The molecule has 0 bridgehead atoms. The van der Waals surface area contributed by atoms with Crippen LogP contribution < -0.4 is 10.6 Å². The van der Waals surface area contributed by atoms with E-state index in [1.54, 1.807) is 7.05 Å². The molecular formula is C16H33F3IN5. The van der Waals surface area contributed by atoms with Crippen LogP contribution in [0.5, 0.6) is 0 Å². The molecule has 150 valence electrons. The molecule has 0 aromatic rings. The Morgan fingerprint density at radius 1 is 1.20 bits per heavy atom. The van der Waals surface area contributed by atoms with Gasteiger partial charge in [0, 0.05) is 26.7 Å². The van der Waals surface area contributed by atoms with Crippen molar-refractivity contribution in [2.24, 2.45) is 10.9 Å². The maximum Gasteiger partial charge on any atom is 0.401 e. The summed E-state index contributed by atoms with van der Waals surface area (Å²) in [4.78, 5) is 7.83. The Kier molecular flexibility index (Phi) is 12.8. The number of guanidine groups is 1. The van der Waals surface area contributed by atoms with Crippen molar-refractivity contribution in [3.8, 4) is 0 Å². The first-order valence-electron chi connectivity index (χ1n) is 8.72. The normalized spacial score (nSPS) is 17.5. The smallest absolute Gasteiger partial charge is 0.356 e. The van der Waals surface area contributed by atoms with E-state index in [2.05, 4.69) is 27.4 Å². The van der Waals surface area contributed by atoms with Gasteiger partial charge in [-0.3, -0.25) is 9.89 Å². The minimum absolute atomic E-state index is 0. The average molecular weight is 479 g/mol. The lowest BCUT2D eigenvalue weighted by molar-refractivity contribution is -0.142. The van der Waals surface area contributed by atoms with Crippen LogP contribution in [-0.2, 0) is 0 Å². The Morgan fingerprint density at radius 2 is 1.80 bits per heavy atom. The highest BCUT2D eigenvalue weighted by Crippen LogP contribution is 2.16. The molecule has 0 amide bonds. The van der Waals surface area contributed by atoms with E-state index in [0.717, 1.165) is 25.4 Å². The van der Waals surface area contributed by atoms with Gasteiger partial charge in [0.15, 0.2) is 5.96 Å². The molecular weight excluding hydrogens is 446 g/mol. The molecule has 1 heterocycles. The van der Waals surface area contributed by atoms with Crippen molar-refractivity contribution >= 4 is 29.9 Å². The number of hydrogen-bond donors (Lipinski definition) is 2. The molecule has 1 aliphatic rings. The van der Waals surface area contributed by atoms with E-state index in [-0.39, 0.29) is 24.0 Å². The summed E-state index contributed by atoms with van der Waals surface area (Å²) in [6.45, 7) is 6.40. The van der Waals surface area contributed by atoms with Crippen molar-refractivity contribution in [2.45, 2.75) is 32.4 Å². The van der Waals surface area contributed by atoms with Crippen LogP contribution in [0.2, 0.25) is 0 Å². The second-order valence-corrected chi connectivity index (χ2v) is 6.66. The molecule has 0 radical (unpaired) electrons. The zero-order chi connectivity index (χ0) is 18.0. The average Bonchev–Trinajstić information content (AvgIpc) is 2.49. The molecule has 0 unspecified atom stereocenters. The SMILES string of the molecule is CN=C(NCCCN1CCC(C)CC1)NCCN(C)CC(F)(F)F.I. The van der Waals surface area contributed by atoms with Crippen LogP contribution >= 0.6 is 24.0 Å². The molecule has 0 aromatic carbocycles. The molecule has 1 saturated heterocycles. The van der Waals surface area contributed by atoms with Crippen LogP contribution in [0.3, 0.4) is 0 Å². The van der Waals surface area contributed by atoms with Gasteiger partial charge in [-0.05, 0) is 51.9 Å². The van der Waals surface area contributed by atoms with Gasteiger partial charge in [-0.2, -0.15) is 13.2 Å². The van der Waals surface area contributed by atoms with Gasteiger partial charge in [0.05, 0.1) is 6.54 Å². The maximum absolute atomic E-state index is 12.2. The van der Waals surface area contributed by atoms with Gasteiger partial charge in [0.25, 0.3) is 0 Å². The molecule has 1 fully saturated rings. The highest BCUT2D eigenvalue weighted by atomic mass is 127. The van der Waals surface area contributed by atoms with Gasteiger partial charge in [-0.25, -0.2) is 0 Å². The lowest BCUT2D eigenvalue weighted by Crippen LogP contribution is -2.43. The van der Waals surface area contributed by atoms with Crippen molar-refractivity contribution in [1.29, 1.82) is 0 Å². The second-order valence-electron chi connectivity index (χ2n) is 6.66. The predicted octanol–water partition coefficient (Wildman–Crippen LogP) is 2.39. The van der Waals surface area contributed by atoms with Gasteiger partial charge in [0.1, 0.15) is 0 Å². The van der Waals surface area contributed by atoms with E-state index in [1.165, 1.54) is 37.9 Å². The minimum atomic E-state index is -4.15. The van der Waals surface area contributed by atoms with Crippen LogP contribution in [0, 0.1) is 5.92 Å². The summed E-state index contributed by atoms with van der Waals surface area (Å²) in [6.07, 6.45) is -0.561.